The SMILES string of the molecule is OCCCC1(CCCO)c2cccc(-c3ccc4ccccc4c3)c2-c2c(-c3ccc4ccccc4c3)cccc21. The third-order valence-electron chi connectivity index (χ3n) is 9.05. The van der Waals surface area contributed by atoms with Crippen LogP contribution < -0.4 is 0 Å². The van der Waals surface area contributed by atoms with Crippen LogP contribution in [0.2, 0.25) is 0 Å². The van der Waals surface area contributed by atoms with Crippen LogP contribution in [0.1, 0.15) is 36.8 Å². The van der Waals surface area contributed by atoms with Gasteiger partial charge in [0.05, 0.1) is 0 Å². The van der Waals surface area contributed by atoms with Crippen molar-refractivity contribution in [2.45, 2.75) is 31.1 Å². The molecule has 0 fully saturated rings. The van der Waals surface area contributed by atoms with Crippen LogP contribution in [0.15, 0.2) is 121 Å². The van der Waals surface area contributed by atoms with Crippen LogP contribution in [0, 0.1) is 0 Å². The molecule has 1 aliphatic carbocycles. The fraction of sp³-hybridized carbons (Fsp3) is 0.179. The summed E-state index contributed by atoms with van der Waals surface area (Å²) >= 11 is 0. The van der Waals surface area contributed by atoms with Gasteiger partial charge < -0.3 is 10.2 Å². The summed E-state index contributed by atoms with van der Waals surface area (Å²) in [5, 5.41) is 24.9. The molecule has 6 aromatic carbocycles. The summed E-state index contributed by atoms with van der Waals surface area (Å²) in [6, 6.07) is 44.1. The molecule has 0 amide bonds. The van der Waals surface area contributed by atoms with E-state index in [9.17, 15) is 10.2 Å². The van der Waals surface area contributed by atoms with Crippen molar-refractivity contribution in [1.29, 1.82) is 0 Å². The molecule has 0 bridgehead atoms. The van der Waals surface area contributed by atoms with Crippen LogP contribution in [0.3, 0.4) is 0 Å². The summed E-state index contributed by atoms with van der Waals surface area (Å²) in [7, 11) is 0. The van der Waals surface area contributed by atoms with Gasteiger partial charge in [-0.15, -0.1) is 0 Å². The molecule has 2 nitrogen and oxygen atoms in total. The van der Waals surface area contributed by atoms with Crippen molar-refractivity contribution in [3.05, 3.63) is 132 Å². The Labute approximate surface area is 241 Å². The smallest absolute Gasteiger partial charge is 0.0431 e. The first-order valence-corrected chi connectivity index (χ1v) is 14.7. The molecule has 6 aromatic rings. The van der Waals surface area contributed by atoms with Crippen molar-refractivity contribution in [2.75, 3.05) is 13.2 Å². The highest BCUT2D eigenvalue weighted by atomic mass is 16.3. The fourth-order valence-electron chi connectivity index (χ4n) is 7.21. The van der Waals surface area contributed by atoms with Crippen LogP contribution in [0.5, 0.6) is 0 Å². The summed E-state index contributed by atoms with van der Waals surface area (Å²) in [6.45, 7) is 0.306. The molecule has 0 unspecified atom stereocenters. The zero-order valence-electron chi connectivity index (χ0n) is 23.2. The second-order valence-electron chi connectivity index (χ2n) is 11.3. The van der Waals surface area contributed by atoms with Crippen molar-refractivity contribution < 1.29 is 10.2 Å². The van der Waals surface area contributed by atoms with Gasteiger partial charge in [-0.2, -0.15) is 0 Å². The fourth-order valence-corrected chi connectivity index (χ4v) is 7.21. The van der Waals surface area contributed by atoms with Gasteiger partial charge in [0.1, 0.15) is 0 Å². The first-order chi connectivity index (χ1) is 20.2. The summed E-state index contributed by atoms with van der Waals surface area (Å²) in [4.78, 5) is 0. The second-order valence-corrected chi connectivity index (χ2v) is 11.3. The summed E-state index contributed by atoms with van der Waals surface area (Å²) in [6.07, 6.45) is 3.10. The molecule has 2 N–H and O–H groups in total. The zero-order chi connectivity index (χ0) is 27.8. The average molecular weight is 535 g/mol. The lowest BCUT2D eigenvalue weighted by Crippen LogP contribution is -2.26. The van der Waals surface area contributed by atoms with Gasteiger partial charge in [-0.3, -0.25) is 0 Å². The molecule has 0 aliphatic heterocycles. The van der Waals surface area contributed by atoms with E-state index in [1.165, 1.54) is 66.1 Å². The number of aliphatic hydroxyl groups excluding tert-OH is 2. The van der Waals surface area contributed by atoms with E-state index in [1.54, 1.807) is 0 Å². The number of benzene rings is 6. The van der Waals surface area contributed by atoms with Gasteiger partial charge >= 0.3 is 0 Å². The monoisotopic (exact) mass is 534 g/mol. The molecule has 1 aliphatic rings. The van der Waals surface area contributed by atoms with Gasteiger partial charge in [-0.25, -0.2) is 0 Å². The number of fused-ring (bicyclic) bond motifs is 5. The topological polar surface area (TPSA) is 40.5 Å². The van der Waals surface area contributed by atoms with E-state index in [2.05, 4.69) is 121 Å². The Balaban J connectivity index is 1.53. The van der Waals surface area contributed by atoms with Crippen molar-refractivity contribution in [1.82, 2.24) is 0 Å². The highest BCUT2D eigenvalue weighted by molar-refractivity contribution is 6.02. The highest BCUT2D eigenvalue weighted by Crippen LogP contribution is 2.58. The van der Waals surface area contributed by atoms with Gasteiger partial charge in [-0.1, -0.05) is 109 Å². The number of aliphatic hydroxyl groups is 2. The second kappa shape index (κ2) is 10.6. The maximum atomic E-state index is 9.98. The average Bonchev–Trinajstić information content (AvgIpc) is 3.32. The van der Waals surface area contributed by atoms with Gasteiger partial charge in [0.2, 0.25) is 0 Å². The minimum absolute atomic E-state index is 0.153. The molecule has 0 atom stereocenters. The van der Waals surface area contributed by atoms with Gasteiger partial charge in [-0.05, 0) is 104 Å². The molecular weight excluding hydrogens is 500 g/mol. The Kier molecular flexibility index (Phi) is 6.66. The van der Waals surface area contributed by atoms with Crippen LogP contribution in [0.25, 0.3) is 54.9 Å². The number of rotatable bonds is 8. The predicted octanol–water partition coefficient (Wildman–Crippen LogP) is 9.14. The van der Waals surface area contributed by atoms with E-state index in [-0.39, 0.29) is 18.6 Å². The number of hydrogen-bond acceptors (Lipinski definition) is 2. The third-order valence-corrected chi connectivity index (χ3v) is 9.05. The highest BCUT2D eigenvalue weighted by Gasteiger charge is 2.44. The Morgan fingerprint density at radius 2 is 0.878 bits per heavy atom. The summed E-state index contributed by atoms with van der Waals surface area (Å²) < 4.78 is 0. The van der Waals surface area contributed by atoms with E-state index in [4.69, 9.17) is 0 Å². The molecule has 0 heterocycles. The number of hydrogen-bond donors (Lipinski definition) is 2. The Bertz CT molecular complexity index is 1740. The third kappa shape index (κ3) is 4.26. The maximum absolute atomic E-state index is 9.98. The first kappa shape index (κ1) is 25.7. The molecule has 0 aromatic heterocycles. The summed E-state index contributed by atoms with van der Waals surface area (Å²) in [5.74, 6) is 0. The maximum Gasteiger partial charge on any atom is 0.0431 e. The summed E-state index contributed by atoms with van der Waals surface area (Å²) in [5.41, 5.74) is 9.82. The molecule has 0 radical (unpaired) electrons. The van der Waals surface area contributed by atoms with E-state index in [0.29, 0.717) is 12.8 Å². The van der Waals surface area contributed by atoms with E-state index in [1.807, 2.05) is 0 Å². The lowest BCUT2D eigenvalue weighted by atomic mass is 9.71. The van der Waals surface area contributed by atoms with Gasteiger partial charge in [0.25, 0.3) is 0 Å². The Morgan fingerprint density at radius 1 is 0.439 bits per heavy atom. The largest absolute Gasteiger partial charge is 0.396 e. The van der Waals surface area contributed by atoms with Crippen LogP contribution in [0.4, 0.5) is 0 Å². The van der Waals surface area contributed by atoms with E-state index < -0.39 is 0 Å². The molecule has 7 rings (SSSR count). The Morgan fingerprint density at radius 3 is 1.32 bits per heavy atom. The van der Waals surface area contributed by atoms with Crippen molar-refractivity contribution in [3.8, 4) is 33.4 Å². The van der Waals surface area contributed by atoms with Crippen molar-refractivity contribution >= 4 is 21.5 Å². The zero-order valence-corrected chi connectivity index (χ0v) is 23.2. The Hall–Kier alpha value is -4.24. The normalized spacial score (nSPS) is 13.4. The molecule has 202 valence electrons. The molecular formula is C39H34O2. The van der Waals surface area contributed by atoms with Crippen LogP contribution in [-0.2, 0) is 5.41 Å². The molecule has 0 spiro atoms. The molecule has 41 heavy (non-hydrogen) atoms. The first-order valence-electron chi connectivity index (χ1n) is 14.7. The van der Waals surface area contributed by atoms with Crippen LogP contribution in [-0.4, -0.2) is 23.4 Å². The van der Waals surface area contributed by atoms with Crippen LogP contribution >= 0.6 is 0 Å². The van der Waals surface area contributed by atoms with Crippen molar-refractivity contribution in [3.63, 3.8) is 0 Å². The van der Waals surface area contributed by atoms with E-state index in [0.717, 1.165) is 12.8 Å². The van der Waals surface area contributed by atoms with Crippen molar-refractivity contribution in [2.24, 2.45) is 0 Å². The predicted molar refractivity (Wildman–Crippen MR) is 171 cm³/mol. The molecule has 0 saturated heterocycles. The standard InChI is InChI=1S/C39H34O2/c40-23-7-21-39(22-8-24-41)35-15-5-13-33(31-19-17-27-9-1-3-11-29(27)25-31)37(35)38-34(14-6-16-36(38)39)32-20-18-28-10-2-4-12-30(28)26-32/h1-6,9-20,25-26,40-41H,7-8,21-24H2. The quantitative estimate of drug-likeness (QED) is 0.204. The minimum Gasteiger partial charge on any atom is -0.396 e. The minimum atomic E-state index is -0.268. The molecule has 2 heteroatoms. The lowest BCUT2D eigenvalue weighted by Gasteiger charge is -2.32. The lowest BCUT2D eigenvalue weighted by molar-refractivity contribution is 0.247. The molecule has 0 saturated carbocycles. The van der Waals surface area contributed by atoms with Gasteiger partial charge in [0.15, 0.2) is 0 Å². The van der Waals surface area contributed by atoms with Gasteiger partial charge in [0, 0.05) is 18.6 Å². The van der Waals surface area contributed by atoms with E-state index >= 15 is 0 Å².